The van der Waals surface area contributed by atoms with Gasteiger partial charge in [-0.1, -0.05) is 18.2 Å². The molecule has 0 saturated carbocycles. The summed E-state index contributed by atoms with van der Waals surface area (Å²) < 4.78 is 0. The maximum atomic E-state index is 4.21. The van der Waals surface area contributed by atoms with Crippen LogP contribution in [0.25, 0.3) is 10.9 Å². The number of benzene rings is 1. The van der Waals surface area contributed by atoms with Crippen molar-refractivity contribution in [2.75, 3.05) is 6.54 Å². The van der Waals surface area contributed by atoms with E-state index in [0.29, 0.717) is 0 Å². The number of H-pyrrole nitrogens is 1. The number of hydrogen-bond donors (Lipinski definition) is 1. The minimum Gasteiger partial charge on any atom is -0.361 e. The number of nitrogens with zero attached hydrogens (tertiary/aromatic N) is 1. The van der Waals surface area contributed by atoms with Crippen molar-refractivity contribution in [2.24, 2.45) is 4.99 Å². The summed E-state index contributed by atoms with van der Waals surface area (Å²) in [6.07, 6.45) is 4.94. The van der Waals surface area contributed by atoms with Crippen molar-refractivity contribution < 1.29 is 0 Å². The first kappa shape index (κ1) is 9.00. The van der Waals surface area contributed by atoms with Crippen LogP contribution in [0.2, 0.25) is 0 Å². The van der Waals surface area contributed by atoms with E-state index in [1.807, 2.05) is 19.2 Å². The average molecular weight is 186 g/mol. The molecule has 1 aromatic carbocycles. The highest BCUT2D eigenvalue weighted by atomic mass is 14.7. The van der Waals surface area contributed by atoms with Gasteiger partial charge in [-0.15, -0.1) is 0 Å². The quantitative estimate of drug-likeness (QED) is 0.714. The summed E-state index contributed by atoms with van der Waals surface area (Å²) in [7, 11) is 0. The van der Waals surface area contributed by atoms with Gasteiger partial charge in [0.05, 0.1) is 0 Å². The summed E-state index contributed by atoms with van der Waals surface area (Å²) in [5, 5.41) is 1.32. The zero-order chi connectivity index (χ0) is 9.80. The lowest BCUT2D eigenvalue weighted by Gasteiger charge is -1.94. The minimum atomic E-state index is 0.873. The molecule has 0 unspecified atom stereocenters. The van der Waals surface area contributed by atoms with Crippen LogP contribution in [-0.2, 0) is 6.42 Å². The second kappa shape index (κ2) is 4.09. The van der Waals surface area contributed by atoms with E-state index in [-0.39, 0.29) is 0 Å². The first-order valence-corrected chi connectivity index (χ1v) is 4.91. The van der Waals surface area contributed by atoms with E-state index in [1.54, 1.807) is 0 Å². The number of aliphatic imine (C=N–C) groups is 1. The van der Waals surface area contributed by atoms with Crippen LogP contribution in [-0.4, -0.2) is 17.7 Å². The van der Waals surface area contributed by atoms with Crippen molar-refractivity contribution >= 4 is 17.1 Å². The van der Waals surface area contributed by atoms with Crippen LogP contribution in [0.4, 0.5) is 0 Å². The number of hydrogen-bond acceptors (Lipinski definition) is 1. The molecule has 72 valence electrons. The lowest BCUT2D eigenvalue weighted by atomic mass is 10.1. The highest BCUT2D eigenvalue weighted by molar-refractivity contribution is 5.83. The van der Waals surface area contributed by atoms with Gasteiger partial charge in [0.2, 0.25) is 0 Å². The van der Waals surface area contributed by atoms with E-state index in [1.165, 1.54) is 16.5 Å². The molecule has 1 N–H and O–H groups in total. The largest absolute Gasteiger partial charge is 0.361 e. The van der Waals surface area contributed by atoms with Crippen LogP contribution in [0.1, 0.15) is 12.5 Å². The summed E-state index contributed by atoms with van der Waals surface area (Å²) in [5.41, 5.74) is 2.56. The third-order valence-electron chi connectivity index (χ3n) is 2.37. The summed E-state index contributed by atoms with van der Waals surface area (Å²) in [5.74, 6) is 0. The van der Waals surface area contributed by atoms with Crippen molar-refractivity contribution in [3.8, 4) is 0 Å². The molecule has 0 bridgehead atoms. The monoisotopic (exact) mass is 186 g/mol. The fourth-order valence-electron chi connectivity index (χ4n) is 1.65. The molecule has 0 aliphatic carbocycles. The maximum Gasteiger partial charge on any atom is 0.0456 e. The highest BCUT2D eigenvalue weighted by Crippen LogP contribution is 2.17. The molecule has 1 aromatic heterocycles. The van der Waals surface area contributed by atoms with Gasteiger partial charge in [-0.05, 0) is 31.2 Å². The second-order valence-corrected chi connectivity index (χ2v) is 3.27. The fourth-order valence-corrected chi connectivity index (χ4v) is 1.65. The van der Waals surface area contributed by atoms with Crippen molar-refractivity contribution in [3.05, 3.63) is 36.0 Å². The Morgan fingerprint density at radius 1 is 1.36 bits per heavy atom. The number of fused-ring (bicyclic) bond motifs is 1. The third-order valence-corrected chi connectivity index (χ3v) is 2.37. The molecule has 0 aliphatic heterocycles. The van der Waals surface area contributed by atoms with Crippen molar-refractivity contribution in [1.82, 2.24) is 4.98 Å². The van der Waals surface area contributed by atoms with E-state index in [0.717, 1.165) is 13.0 Å². The summed E-state index contributed by atoms with van der Waals surface area (Å²) in [6.45, 7) is 2.83. The average Bonchev–Trinajstić information content (AvgIpc) is 2.63. The third kappa shape index (κ3) is 1.69. The molecule has 0 spiro atoms. The van der Waals surface area contributed by atoms with Crippen LogP contribution in [0.15, 0.2) is 35.5 Å². The highest BCUT2D eigenvalue weighted by Gasteiger charge is 2.00. The Morgan fingerprint density at radius 2 is 2.21 bits per heavy atom. The first-order chi connectivity index (χ1) is 6.92. The molecule has 2 aromatic rings. The van der Waals surface area contributed by atoms with E-state index in [2.05, 4.69) is 34.4 Å². The Hall–Kier alpha value is -1.57. The number of nitrogens with one attached hydrogen (secondary N) is 1. The molecule has 0 amide bonds. The van der Waals surface area contributed by atoms with Gasteiger partial charge < -0.3 is 4.98 Å². The van der Waals surface area contributed by atoms with Gasteiger partial charge in [0.1, 0.15) is 0 Å². The van der Waals surface area contributed by atoms with Crippen LogP contribution in [0, 0.1) is 0 Å². The summed E-state index contributed by atoms with van der Waals surface area (Å²) in [6, 6.07) is 8.37. The van der Waals surface area contributed by atoms with Crippen molar-refractivity contribution in [3.63, 3.8) is 0 Å². The normalized spacial score (nSPS) is 11.5. The van der Waals surface area contributed by atoms with Gasteiger partial charge in [0.15, 0.2) is 0 Å². The van der Waals surface area contributed by atoms with Gasteiger partial charge in [0.25, 0.3) is 0 Å². The van der Waals surface area contributed by atoms with Gasteiger partial charge in [-0.25, -0.2) is 0 Å². The first-order valence-electron chi connectivity index (χ1n) is 4.91. The molecule has 2 rings (SSSR count). The molecule has 0 aliphatic rings. The zero-order valence-electron chi connectivity index (χ0n) is 8.33. The van der Waals surface area contributed by atoms with Gasteiger partial charge in [0, 0.05) is 23.6 Å². The topological polar surface area (TPSA) is 28.1 Å². The minimum absolute atomic E-state index is 0.873. The molecule has 14 heavy (non-hydrogen) atoms. The van der Waals surface area contributed by atoms with Crippen molar-refractivity contribution in [2.45, 2.75) is 13.3 Å². The molecule has 1 heterocycles. The number of aromatic amines is 1. The molecule has 0 atom stereocenters. The Balaban J connectivity index is 2.25. The van der Waals surface area contributed by atoms with Crippen LogP contribution >= 0.6 is 0 Å². The fraction of sp³-hybridized carbons (Fsp3) is 0.250. The number of rotatable bonds is 3. The molecule has 0 fully saturated rings. The van der Waals surface area contributed by atoms with Gasteiger partial charge in [-0.2, -0.15) is 0 Å². The van der Waals surface area contributed by atoms with E-state index >= 15 is 0 Å². The van der Waals surface area contributed by atoms with E-state index in [4.69, 9.17) is 0 Å². The molecule has 0 radical (unpaired) electrons. The Morgan fingerprint density at radius 3 is 3.07 bits per heavy atom. The lowest BCUT2D eigenvalue weighted by molar-refractivity contribution is 0.980. The lowest BCUT2D eigenvalue weighted by Crippen LogP contribution is -1.87. The van der Waals surface area contributed by atoms with Crippen LogP contribution < -0.4 is 0 Å². The predicted octanol–water partition coefficient (Wildman–Crippen LogP) is 2.80. The van der Waals surface area contributed by atoms with Gasteiger partial charge in [-0.3, -0.25) is 4.99 Å². The maximum absolute atomic E-state index is 4.21. The Bertz CT molecular complexity index is 440. The Labute approximate surface area is 83.7 Å². The molecular weight excluding hydrogens is 172 g/mol. The van der Waals surface area contributed by atoms with E-state index in [9.17, 15) is 0 Å². The molecule has 2 heteroatoms. The summed E-state index contributed by atoms with van der Waals surface area (Å²) in [4.78, 5) is 7.48. The SMILES string of the molecule is CC=NCCc1c[nH]c2ccccc12. The Kier molecular flexibility index (Phi) is 2.63. The zero-order valence-corrected chi connectivity index (χ0v) is 8.33. The van der Waals surface area contributed by atoms with Crippen LogP contribution in [0.5, 0.6) is 0 Å². The smallest absolute Gasteiger partial charge is 0.0456 e. The second-order valence-electron chi connectivity index (χ2n) is 3.27. The standard InChI is InChI=1S/C12H14N2/c1-2-13-8-7-10-9-14-12-6-4-3-5-11(10)12/h2-6,9,14H,7-8H2,1H3. The molecule has 2 nitrogen and oxygen atoms in total. The number of para-hydroxylation sites is 1. The number of aromatic nitrogens is 1. The predicted molar refractivity (Wildman–Crippen MR) is 61.0 cm³/mol. The molecule has 0 saturated heterocycles. The summed E-state index contributed by atoms with van der Waals surface area (Å²) >= 11 is 0. The van der Waals surface area contributed by atoms with Gasteiger partial charge >= 0.3 is 0 Å². The molecular formula is C12H14N2. The van der Waals surface area contributed by atoms with Crippen molar-refractivity contribution in [1.29, 1.82) is 0 Å². The van der Waals surface area contributed by atoms with Crippen LogP contribution in [0.3, 0.4) is 0 Å². The van der Waals surface area contributed by atoms with E-state index < -0.39 is 0 Å².